The van der Waals surface area contributed by atoms with Crippen molar-refractivity contribution in [2.24, 2.45) is 4.99 Å². The van der Waals surface area contributed by atoms with E-state index in [2.05, 4.69) is 15.6 Å². The van der Waals surface area contributed by atoms with Gasteiger partial charge in [0.15, 0.2) is 5.96 Å². The van der Waals surface area contributed by atoms with Gasteiger partial charge in [0.2, 0.25) is 0 Å². The molecule has 1 aromatic carbocycles. The van der Waals surface area contributed by atoms with E-state index < -0.39 is 0 Å². The van der Waals surface area contributed by atoms with Gasteiger partial charge in [-0.25, -0.2) is 9.38 Å². The molecule has 1 aromatic rings. The van der Waals surface area contributed by atoms with Crippen molar-refractivity contribution in [3.63, 3.8) is 0 Å². The highest BCUT2D eigenvalue weighted by atomic mass is 127. The van der Waals surface area contributed by atoms with Gasteiger partial charge in [0, 0.05) is 23.9 Å². The van der Waals surface area contributed by atoms with Crippen LogP contribution in [0.4, 0.5) is 4.39 Å². The van der Waals surface area contributed by atoms with Crippen LogP contribution in [0.2, 0.25) is 0 Å². The van der Waals surface area contributed by atoms with Gasteiger partial charge in [-0.1, -0.05) is 0 Å². The number of hydrogen-bond acceptors (Lipinski definition) is 3. The zero-order valence-corrected chi connectivity index (χ0v) is 16.3. The third-order valence-electron chi connectivity index (χ3n) is 3.45. The van der Waals surface area contributed by atoms with Crippen LogP contribution < -0.4 is 10.6 Å². The number of guanidine groups is 1. The molecule has 0 spiro atoms. The van der Waals surface area contributed by atoms with Crippen molar-refractivity contribution in [2.75, 3.05) is 18.8 Å². The lowest BCUT2D eigenvalue weighted by Gasteiger charge is -2.14. The largest absolute Gasteiger partial charge is 0.357 e. The summed E-state index contributed by atoms with van der Waals surface area (Å²) in [5, 5.41) is 16.0. The Hall–Kier alpha value is -1.01. The highest BCUT2D eigenvalue weighted by Gasteiger charge is 2.15. The molecule has 2 N–H and O–H groups in total. The third kappa shape index (κ3) is 6.55. The first-order chi connectivity index (χ1) is 10.7. The third-order valence-corrected chi connectivity index (χ3v) is 4.85. The second-order valence-electron chi connectivity index (χ2n) is 5.13. The molecule has 4 nitrogen and oxygen atoms in total. The van der Waals surface area contributed by atoms with Crippen LogP contribution in [0.5, 0.6) is 0 Å². The summed E-state index contributed by atoms with van der Waals surface area (Å²) in [4.78, 5) is 4.42. The summed E-state index contributed by atoms with van der Waals surface area (Å²) >= 11 is 1.98. The Balaban J connectivity index is 0.00000264. The van der Waals surface area contributed by atoms with E-state index in [1.165, 1.54) is 30.7 Å². The Bertz CT molecular complexity index is 568. The number of thioether (sulfide) groups is 1. The summed E-state index contributed by atoms with van der Waals surface area (Å²) in [6, 6.07) is 6.37. The van der Waals surface area contributed by atoms with Crippen LogP contribution in [-0.4, -0.2) is 30.1 Å². The summed E-state index contributed by atoms with van der Waals surface area (Å²) in [5.74, 6) is 1.59. The number of hydrogen-bond donors (Lipinski definition) is 2. The molecule has 0 aliphatic carbocycles. The quantitative estimate of drug-likeness (QED) is 0.413. The minimum atomic E-state index is -0.329. The van der Waals surface area contributed by atoms with Crippen molar-refractivity contribution in [1.82, 2.24) is 10.6 Å². The minimum Gasteiger partial charge on any atom is -0.357 e. The van der Waals surface area contributed by atoms with Gasteiger partial charge in [0.25, 0.3) is 0 Å². The fourth-order valence-electron chi connectivity index (χ4n) is 2.29. The van der Waals surface area contributed by atoms with E-state index in [4.69, 9.17) is 5.26 Å². The predicted molar refractivity (Wildman–Crippen MR) is 105 cm³/mol. The SMILES string of the molecule is CCNC(=NCc1cc(C#N)ccc1F)NCC1CCCS1.I. The smallest absolute Gasteiger partial charge is 0.191 e. The topological polar surface area (TPSA) is 60.2 Å². The van der Waals surface area contributed by atoms with Crippen molar-refractivity contribution >= 4 is 41.7 Å². The summed E-state index contributed by atoms with van der Waals surface area (Å²) in [5.41, 5.74) is 0.887. The molecule has 1 fully saturated rings. The molecule has 126 valence electrons. The number of nitrogens with zero attached hydrogens (tertiary/aromatic N) is 2. The zero-order valence-electron chi connectivity index (χ0n) is 13.1. The lowest BCUT2D eigenvalue weighted by Crippen LogP contribution is -2.40. The second kappa shape index (κ2) is 10.7. The highest BCUT2D eigenvalue weighted by molar-refractivity contribution is 14.0. The number of aliphatic imine (C=N–C) groups is 1. The predicted octanol–water partition coefficient (Wildman–Crippen LogP) is 3.27. The average molecular weight is 448 g/mol. The number of nitriles is 1. The first kappa shape index (κ1) is 20.0. The fourth-order valence-corrected chi connectivity index (χ4v) is 3.49. The monoisotopic (exact) mass is 448 g/mol. The van der Waals surface area contributed by atoms with Gasteiger partial charge in [0.1, 0.15) is 5.82 Å². The zero-order chi connectivity index (χ0) is 15.8. The second-order valence-corrected chi connectivity index (χ2v) is 6.54. The van der Waals surface area contributed by atoms with Crippen LogP contribution in [0.1, 0.15) is 30.9 Å². The summed E-state index contributed by atoms with van der Waals surface area (Å²) in [6.07, 6.45) is 2.51. The van der Waals surface area contributed by atoms with Gasteiger partial charge in [-0.15, -0.1) is 24.0 Å². The van der Waals surface area contributed by atoms with Gasteiger partial charge in [-0.2, -0.15) is 17.0 Å². The molecule has 0 amide bonds. The Morgan fingerprint density at radius 3 is 2.96 bits per heavy atom. The van der Waals surface area contributed by atoms with Crippen LogP contribution >= 0.6 is 35.7 Å². The minimum absolute atomic E-state index is 0. The van der Waals surface area contributed by atoms with Crippen molar-refractivity contribution in [3.05, 3.63) is 35.1 Å². The maximum atomic E-state index is 13.8. The Morgan fingerprint density at radius 2 is 2.30 bits per heavy atom. The molecule has 0 aromatic heterocycles. The molecule has 1 atom stereocenters. The summed E-state index contributed by atoms with van der Waals surface area (Å²) < 4.78 is 13.8. The van der Waals surface area contributed by atoms with E-state index in [-0.39, 0.29) is 36.3 Å². The van der Waals surface area contributed by atoms with Crippen LogP contribution in [0.15, 0.2) is 23.2 Å². The highest BCUT2D eigenvalue weighted by Crippen LogP contribution is 2.25. The van der Waals surface area contributed by atoms with Gasteiger partial charge >= 0.3 is 0 Å². The van der Waals surface area contributed by atoms with E-state index in [1.54, 1.807) is 6.07 Å². The van der Waals surface area contributed by atoms with Crippen molar-refractivity contribution in [1.29, 1.82) is 5.26 Å². The summed E-state index contributed by atoms with van der Waals surface area (Å²) in [7, 11) is 0. The van der Waals surface area contributed by atoms with Gasteiger partial charge in [-0.05, 0) is 43.7 Å². The van der Waals surface area contributed by atoms with E-state index >= 15 is 0 Å². The molecule has 23 heavy (non-hydrogen) atoms. The lowest BCUT2D eigenvalue weighted by atomic mass is 10.1. The van der Waals surface area contributed by atoms with Crippen molar-refractivity contribution in [2.45, 2.75) is 31.6 Å². The molecule has 1 unspecified atom stereocenters. The Labute approximate surface area is 158 Å². The van der Waals surface area contributed by atoms with Gasteiger partial charge < -0.3 is 10.6 Å². The summed E-state index contributed by atoms with van der Waals surface area (Å²) in [6.45, 7) is 3.84. The number of halogens is 2. The lowest BCUT2D eigenvalue weighted by molar-refractivity contribution is 0.610. The van der Waals surface area contributed by atoms with Crippen LogP contribution in [0, 0.1) is 17.1 Å². The van der Waals surface area contributed by atoms with Crippen LogP contribution in [0.3, 0.4) is 0 Å². The molecule has 1 aliphatic rings. The van der Waals surface area contributed by atoms with Gasteiger partial charge in [-0.3, -0.25) is 0 Å². The first-order valence-corrected chi connectivity index (χ1v) is 8.60. The molecule has 0 bridgehead atoms. The molecule has 0 saturated carbocycles. The van der Waals surface area contributed by atoms with E-state index in [0.29, 0.717) is 22.3 Å². The van der Waals surface area contributed by atoms with Crippen LogP contribution in [-0.2, 0) is 6.54 Å². The molecular formula is C16H22FIN4S. The molecule has 1 saturated heterocycles. The maximum absolute atomic E-state index is 13.8. The van der Waals surface area contributed by atoms with Crippen molar-refractivity contribution < 1.29 is 4.39 Å². The number of nitrogens with one attached hydrogen (secondary N) is 2. The standard InChI is InChI=1S/C16H21FN4S.HI/c1-2-19-16(21-11-14-4-3-7-22-14)20-10-13-8-12(9-18)5-6-15(13)17;/h5-6,8,14H,2-4,7,10-11H2,1H3,(H2,19,20,21);1H. The normalized spacial score (nSPS) is 17.3. The molecular weight excluding hydrogens is 426 g/mol. The molecule has 1 heterocycles. The average Bonchev–Trinajstić information content (AvgIpc) is 3.05. The fraction of sp³-hybridized carbons (Fsp3) is 0.500. The Kier molecular flexibility index (Phi) is 9.33. The van der Waals surface area contributed by atoms with Crippen molar-refractivity contribution in [3.8, 4) is 6.07 Å². The maximum Gasteiger partial charge on any atom is 0.191 e. The van der Waals surface area contributed by atoms with Crippen LogP contribution in [0.25, 0.3) is 0 Å². The van der Waals surface area contributed by atoms with E-state index in [1.807, 2.05) is 24.8 Å². The van der Waals surface area contributed by atoms with E-state index in [9.17, 15) is 4.39 Å². The molecule has 7 heteroatoms. The van der Waals surface area contributed by atoms with Gasteiger partial charge in [0.05, 0.1) is 18.2 Å². The molecule has 2 rings (SSSR count). The molecule has 1 aliphatic heterocycles. The Morgan fingerprint density at radius 1 is 1.48 bits per heavy atom. The molecule has 0 radical (unpaired) electrons. The first-order valence-electron chi connectivity index (χ1n) is 7.55. The number of rotatable bonds is 5. The van der Waals surface area contributed by atoms with E-state index in [0.717, 1.165) is 13.1 Å². The number of benzene rings is 1.